The summed E-state index contributed by atoms with van der Waals surface area (Å²) >= 11 is 1.45. The Bertz CT molecular complexity index is 772. The molecule has 1 aromatic heterocycles. The van der Waals surface area contributed by atoms with E-state index in [4.69, 9.17) is 0 Å². The average molecular weight is 522 g/mol. The van der Waals surface area contributed by atoms with Gasteiger partial charge in [0.05, 0.1) is 0 Å². The molecule has 1 N–H and O–H groups in total. The molecular formula is C18H25F2IN6S. The summed E-state index contributed by atoms with van der Waals surface area (Å²) in [6.45, 7) is 5.98. The van der Waals surface area contributed by atoms with Crippen LogP contribution in [0.2, 0.25) is 0 Å². The van der Waals surface area contributed by atoms with Gasteiger partial charge in [0.15, 0.2) is 5.96 Å². The molecule has 0 bridgehead atoms. The second-order valence-corrected chi connectivity index (χ2v) is 7.05. The van der Waals surface area contributed by atoms with Gasteiger partial charge in [0.25, 0.3) is 0 Å². The smallest absolute Gasteiger partial charge is 0.205 e. The van der Waals surface area contributed by atoms with Gasteiger partial charge in [0, 0.05) is 63.8 Å². The second-order valence-electron chi connectivity index (χ2n) is 6.32. The van der Waals surface area contributed by atoms with E-state index >= 15 is 0 Å². The van der Waals surface area contributed by atoms with Crippen molar-refractivity contribution in [3.8, 4) is 0 Å². The lowest BCUT2D eigenvalue weighted by molar-refractivity contribution is 0.372. The number of anilines is 1. The third kappa shape index (κ3) is 5.97. The number of rotatable bonds is 5. The summed E-state index contributed by atoms with van der Waals surface area (Å²) in [4.78, 5) is 13.3. The van der Waals surface area contributed by atoms with Crippen molar-refractivity contribution in [2.45, 2.75) is 19.8 Å². The van der Waals surface area contributed by atoms with Crippen molar-refractivity contribution in [3.63, 3.8) is 0 Å². The largest absolute Gasteiger partial charge is 0.356 e. The van der Waals surface area contributed by atoms with Gasteiger partial charge in [-0.05, 0) is 24.1 Å². The molecule has 0 amide bonds. The molecule has 1 aliphatic rings. The first-order chi connectivity index (χ1) is 13.1. The van der Waals surface area contributed by atoms with Crippen LogP contribution in [0, 0.1) is 11.6 Å². The normalized spacial score (nSPS) is 14.8. The van der Waals surface area contributed by atoms with Gasteiger partial charge < -0.3 is 15.1 Å². The van der Waals surface area contributed by atoms with Gasteiger partial charge in [-0.2, -0.15) is 4.37 Å². The molecule has 0 atom stereocenters. The highest BCUT2D eigenvalue weighted by Crippen LogP contribution is 2.19. The van der Waals surface area contributed by atoms with E-state index in [1.807, 2.05) is 0 Å². The summed E-state index contributed by atoms with van der Waals surface area (Å²) in [6.07, 6.45) is 1.38. The fourth-order valence-electron chi connectivity index (χ4n) is 3.03. The number of hydrogen-bond acceptors (Lipinski definition) is 5. The summed E-state index contributed by atoms with van der Waals surface area (Å²) in [5.41, 5.74) is 0.628. The van der Waals surface area contributed by atoms with Crippen LogP contribution in [0.1, 0.15) is 18.3 Å². The van der Waals surface area contributed by atoms with Crippen molar-refractivity contribution < 1.29 is 8.78 Å². The first kappa shape index (κ1) is 22.7. The first-order valence-electron chi connectivity index (χ1n) is 9.07. The minimum atomic E-state index is -0.548. The van der Waals surface area contributed by atoms with Crippen molar-refractivity contribution in [1.82, 2.24) is 19.6 Å². The van der Waals surface area contributed by atoms with Crippen LogP contribution in [0.4, 0.5) is 13.9 Å². The van der Waals surface area contributed by atoms with E-state index in [2.05, 4.69) is 36.4 Å². The van der Waals surface area contributed by atoms with Gasteiger partial charge in [-0.1, -0.05) is 6.92 Å². The van der Waals surface area contributed by atoms with E-state index in [0.29, 0.717) is 18.5 Å². The summed E-state index contributed by atoms with van der Waals surface area (Å²) in [5, 5.41) is 4.26. The van der Waals surface area contributed by atoms with Gasteiger partial charge in [-0.15, -0.1) is 24.0 Å². The molecule has 0 spiro atoms. The Labute approximate surface area is 185 Å². The molecule has 10 heteroatoms. The molecule has 0 unspecified atom stereocenters. The highest BCUT2D eigenvalue weighted by Gasteiger charge is 2.21. The van der Waals surface area contributed by atoms with Crippen molar-refractivity contribution in [2.75, 3.05) is 44.7 Å². The number of aliphatic imine (C=N–C) groups is 1. The molecule has 1 aromatic carbocycles. The predicted octanol–water partition coefficient (Wildman–Crippen LogP) is 2.94. The number of aromatic nitrogens is 2. The van der Waals surface area contributed by atoms with Crippen LogP contribution in [0.15, 0.2) is 23.2 Å². The van der Waals surface area contributed by atoms with Crippen LogP contribution in [0.25, 0.3) is 0 Å². The SMILES string of the molecule is CCc1nsc(N2CCN(C(=NC)NCCc3cc(F)cc(F)c3)CC2)n1.I. The number of halogens is 3. The Morgan fingerprint density at radius 2 is 1.86 bits per heavy atom. The number of benzene rings is 1. The van der Waals surface area contributed by atoms with Gasteiger partial charge in [-0.3, -0.25) is 4.99 Å². The fourth-order valence-corrected chi connectivity index (χ4v) is 3.83. The number of piperazine rings is 1. The van der Waals surface area contributed by atoms with Crippen molar-refractivity contribution in [1.29, 1.82) is 0 Å². The van der Waals surface area contributed by atoms with Crippen LogP contribution in [-0.2, 0) is 12.8 Å². The maximum atomic E-state index is 13.3. The molecule has 1 fully saturated rings. The Morgan fingerprint density at radius 1 is 1.18 bits per heavy atom. The van der Waals surface area contributed by atoms with Crippen LogP contribution < -0.4 is 10.2 Å². The Hall–Kier alpha value is -1.56. The van der Waals surface area contributed by atoms with Crippen molar-refractivity contribution in [3.05, 3.63) is 41.2 Å². The highest BCUT2D eigenvalue weighted by molar-refractivity contribution is 14.0. The van der Waals surface area contributed by atoms with Gasteiger partial charge in [-0.25, -0.2) is 13.8 Å². The van der Waals surface area contributed by atoms with Crippen molar-refractivity contribution >= 4 is 46.6 Å². The zero-order chi connectivity index (χ0) is 19.2. The zero-order valence-corrected chi connectivity index (χ0v) is 19.1. The van der Waals surface area contributed by atoms with Gasteiger partial charge in [0.2, 0.25) is 5.13 Å². The molecule has 1 aliphatic heterocycles. The molecule has 0 radical (unpaired) electrons. The van der Waals surface area contributed by atoms with Gasteiger partial charge in [0.1, 0.15) is 17.5 Å². The van der Waals surface area contributed by atoms with E-state index in [0.717, 1.165) is 55.6 Å². The maximum absolute atomic E-state index is 13.3. The summed E-state index contributed by atoms with van der Waals surface area (Å²) in [5.74, 6) is 0.601. The summed E-state index contributed by atoms with van der Waals surface area (Å²) in [7, 11) is 1.74. The quantitative estimate of drug-likeness (QED) is 0.372. The third-order valence-electron chi connectivity index (χ3n) is 4.45. The van der Waals surface area contributed by atoms with Crippen LogP contribution in [-0.4, -0.2) is 60.0 Å². The van der Waals surface area contributed by atoms with Crippen LogP contribution in [0.3, 0.4) is 0 Å². The number of hydrogen-bond donors (Lipinski definition) is 1. The molecule has 2 aromatic rings. The lowest BCUT2D eigenvalue weighted by Crippen LogP contribution is -2.52. The highest BCUT2D eigenvalue weighted by atomic mass is 127. The topological polar surface area (TPSA) is 56.7 Å². The molecule has 1 saturated heterocycles. The summed E-state index contributed by atoms with van der Waals surface area (Å²) < 4.78 is 30.9. The molecule has 0 aliphatic carbocycles. The summed E-state index contributed by atoms with van der Waals surface area (Å²) in [6, 6.07) is 3.61. The van der Waals surface area contributed by atoms with E-state index in [9.17, 15) is 8.78 Å². The number of guanidine groups is 1. The lowest BCUT2D eigenvalue weighted by atomic mass is 10.1. The molecule has 6 nitrogen and oxygen atoms in total. The number of aryl methyl sites for hydroxylation is 1. The van der Waals surface area contributed by atoms with E-state index in [1.54, 1.807) is 7.05 Å². The van der Waals surface area contributed by atoms with Crippen molar-refractivity contribution in [2.24, 2.45) is 4.99 Å². The third-order valence-corrected chi connectivity index (χ3v) is 5.27. The molecule has 2 heterocycles. The minimum absolute atomic E-state index is 0. The number of nitrogens with one attached hydrogen (secondary N) is 1. The average Bonchev–Trinajstić information content (AvgIpc) is 3.14. The zero-order valence-electron chi connectivity index (χ0n) is 16.0. The molecule has 0 saturated carbocycles. The van der Waals surface area contributed by atoms with Crippen LogP contribution in [0.5, 0.6) is 0 Å². The number of nitrogens with zero attached hydrogens (tertiary/aromatic N) is 5. The fraction of sp³-hybridized carbons (Fsp3) is 0.500. The van der Waals surface area contributed by atoms with Gasteiger partial charge >= 0.3 is 0 Å². The van der Waals surface area contributed by atoms with E-state index in [1.165, 1.54) is 23.7 Å². The minimum Gasteiger partial charge on any atom is -0.356 e. The monoisotopic (exact) mass is 522 g/mol. The second kappa shape index (κ2) is 10.8. The molecule has 28 heavy (non-hydrogen) atoms. The maximum Gasteiger partial charge on any atom is 0.205 e. The molecule has 154 valence electrons. The first-order valence-corrected chi connectivity index (χ1v) is 9.84. The standard InChI is InChI=1S/C18H24F2N6S.HI/c1-3-16-23-18(27-24-16)26-8-6-25(7-9-26)17(21-2)22-5-4-13-10-14(19)12-15(20)11-13;/h10-12H,3-9H2,1-2H3,(H,21,22);1H. The Morgan fingerprint density at radius 3 is 2.43 bits per heavy atom. The Kier molecular flexibility index (Phi) is 8.80. The lowest BCUT2D eigenvalue weighted by Gasteiger charge is -2.36. The Balaban J connectivity index is 0.00000280. The molecular weight excluding hydrogens is 497 g/mol. The van der Waals surface area contributed by atoms with E-state index < -0.39 is 11.6 Å². The van der Waals surface area contributed by atoms with E-state index in [-0.39, 0.29) is 24.0 Å². The van der Waals surface area contributed by atoms with Crippen LogP contribution >= 0.6 is 35.5 Å². The predicted molar refractivity (Wildman–Crippen MR) is 120 cm³/mol. The molecule has 3 rings (SSSR count).